The molecule has 3 fully saturated rings. The number of cyclic esters (lactones) is 1. The molecule has 33 heteroatoms. The minimum Gasteiger partial charge on any atom is -0.481 e. The number of aliphatic hydroxyl groups is 14. The van der Waals surface area contributed by atoms with Crippen molar-refractivity contribution in [3.8, 4) is 0 Å². The Morgan fingerprint density at radius 1 is 0.712 bits per heavy atom. The Morgan fingerprint density at radius 2 is 1.34 bits per heavy atom. The number of carbonyl (C=O) groups excluding carboxylic acids is 2. The zero-order valence-corrected chi connectivity index (χ0v) is 66.9. The van der Waals surface area contributed by atoms with Crippen LogP contribution < -0.4 is 39.3 Å². The predicted octanol–water partition coefficient (Wildman–Crippen LogP) is -0.548. The zero-order valence-electron chi connectivity index (χ0n) is 66.9. The highest BCUT2D eigenvalue weighted by Crippen LogP contribution is 2.38. The number of rotatable bonds is 20. The molecule has 1 aliphatic carbocycles. The van der Waals surface area contributed by atoms with Crippen LogP contribution >= 0.6 is 0 Å². The van der Waals surface area contributed by atoms with Gasteiger partial charge in [-0.3, -0.25) is 19.4 Å². The van der Waals surface area contributed by atoms with Crippen LogP contribution in [0.2, 0.25) is 0 Å². The Kier molecular flexibility index (Phi) is 42.7. The molecule has 111 heavy (non-hydrogen) atoms. The van der Waals surface area contributed by atoms with Gasteiger partial charge in [-0.25, -0.2) is 0 Å². The highest BCUT2D eigenvalue weighted by Gasteiger charge is 2.53. The average molecular weight is 1590 g/mol. The van der Waals surface area contributed by atoms with Crippen molar-refractivity contribution in [2.75, 3.05) is 33.8 Å². The molecular formula is C78H140N8O25. The fraction of sp³-hybridized carbons (Fsp3) is 0.821. The number of esters is 2. The molecule has 0 amide bonds. The average Bonchev–Trinajstić information content (AvgIpc) is 0.787. The van der Waals surface area contributed by atoms with Crippen molar-refractivity contribution >= 4 is 23.9 Å². The first-order chi connectivity index (χ1) is 52.1. The summed E-state index contributed by atoms with van der Waals surface area (Å²) in [5, 5.41) is 170. The number of likely N-dealkylation sites (N-methyl/N-ethyl adjacent to an activating group) is 1. The van der Waals surface area contributed by atoms with Crippen molar-refractivity contribution in [1.82, 2.24) is 10.6 Å². The molecule has 0 radical (unpaired) electrons. The number of carboxylic acid groups (broad SMARTS) is 1. The number of aliphatic carboxylic acids is 1. The van der Waals surface area contributed by atoms with Crippen molar-refractivity contribution < 1.29 is 124 Å². The maximum atomic E-state index is 13.8. The number of allylic oxidation sites excluding steroid dienone is 4. The summed E-state index contributed by atoms with van der Waals surface area (Å²) in [5.41, 5.74) is 28.5. The van der Waals surface area contributed by atoms with Gasteiger partial charge in [0.15, 0.2) is 18.0 Å². The maximum Gasteiger partial charge on any atom is 0.317 e. The third-order valence-corrected chi connectivity index (χ3v) is 22.4. The summed E-state index contributed by atoms with van der Waals surface area (Å²) in [6.07, 6.45) is -3.73. The van der Waals surface area contributed by atoms with Gasteiger partial charge in [-0.05, 0) is 109 Å². The van der Waals surface area contributed by atoms with Crippen LogP contribution in [0.4, 0.5) is 0 Å². The largest absolute Gasteiger partial charge is 0.481 e. The molecule has 0 spiro atoms. The Balaban J connectivity index is 0.000000690. The van der Waals surface area contributed by atoms with E-state index in [1.165, 1.54) is 12.2 Å². The first-order valence-corrected chi connectivity index (χ1v) is 39.6. The Morgan fingerprint density at radius 3 is 1.97 bits per heavy atom. The van der Waals surface area contributed by atoms with Gasteiger partial charge in [0, 0.05) is 81.5 Å². The monoisotopic (exact) mass is 1590 g/mol. The van der Waals surface area contributed by atoms with Crippen LogP contribution in [0.3, 0.4) is 0 Å². The van der Waals surface area contributed by atoms with Crippen LogP contribution in [-0.2, 0) is 47.5 Å². The van der Waals surface area contributed by atoms with Crippen LogP contribution in [0.15, 0.2) is 65.4 Å². The number of nitrogens with one attached hydrogen (secondary N) is 2. The summed E-state index contributed by atoms with van der Waals surface area (Å²) in [7, 11) is 3.25. The molecule has 4 aliphatic heterocycles. The van der Waals surface area contributed by atoms with Gasteiger partial charge >= 0.3 is 17.9 Å². The maximum absolute atomic E-state index is 13.8. The second kappa shape index (κ2) is 48.1. The van der Waals surface area contributed by atoms with Crippen LogP contribution in [0.25, 0.3) is 0 Å². The van der Waals surface area contributed by atoms with E-state index in [1.54, 1.807) is 79.9 Å². The van der Waals surface area contributed by atoms with Crippen molar-refractivity contribution in [3.05, 3.63) is 60.4 Å². The molecule has 2 bridgehead atoms. The molecular weight excluding hydrogens is 1450 g/mol. The second-order valence-corrected chi connectivity index (χ2v) is 32.2. The fourth-order valence-corrected chi connectivity index (χ4v) is 14.8. The number of nitrogens with zero attached hydrogens (tertiary/aromatic N) is 1. The fourth-order valence-electron chi connectivity index (χ4n) is 14.8. The van der Waals surface area contributed by atoms with E-state index in [1.807, 2.05) is 19.9 Å². The third-order valence-electron chi connectivity index (χ3n) is 22.4. The smallest absolute Gasteiger partial charge is 0.317 e. The Hall–Kier alpha value is -4.74. The van der Waals surface area contributed by atoms with Gasteiger partial charge in [0.05, 0.1) is 92.2 Å². The number of carbonyl (C=O) groups is 3. The summed E-state index contributed by atoms with van der Waals surface area (Å²) in [5.74, 6) is -8.87. The van der Waals surface area contributed by atoms with E-state index in [9.17, 15) is 91.0 Å². The van der Waals surface area contributed by atoms with Gasteiger partial charge < -0.3 is 149 Å². The number of hydrogen-bond donors (Lipinski definition) is 22. The number of guanidine groups is 1. The van der Waals surface area contributed by atoms with Crippen molar-refractivity contribution in [2.24, 2.45) is 81.0 Å². The van der Waals surface area contributed by atoms with E-state index in [0.29, 0.717) is 24.6 Å². The number of fused-ring (bicyclic) bond motifs is 2. The van der Waals surface area contributed by atoms with E-state index in [4.69, 9.17) is 61.8 Å². The normalized spacial score (nSPS) is 41.7. The molecule has 5 rings (SSSR count). The number of hydrogen-bond acceptors (Lipinski definition) is 30. The van der Waals surface area contributed by atoms with Crippen LogP contribution in [0.1, 0.15) is 171 Å². The number of unbranched alkanes of at least 4 members (excludes halogenated alkanes) is 2. The van der Waals surface area contributed by atoms with E-state index in [2.05, 4.69) is 34.7 Å². The lowest BCUT2D eigenvalue weighted by Crippen LogP contribution is -2.68. The molecule has 2 saturated heterocycles. The third kappa shape index (κ3) is 32.0. The molecule has 0 aromatic rings. The van der Waals surface area contributed by atoms with Crippen LogP contribution in [0, 0.1) is 47.3 Å². The highest BCUT2D eigenvalue weighted by atomic mass is 16.7. The molecule has 5 aliphatic rings. The standard InChI is InChI=1S/C59H103N3O18.C19H37N5O7/c1-34(18-14-12-10-11-13-17-25-62-58(60)61-9)26-38(5)55-37(4)19-15-16-20-45(64)39(6)49(68)28-42(63)27-43(78-54(74)32-53(72)73)29-44-30-51(70)56(75)59(77,80-44)33-52(71)36(3)22-23-46(65)40(7)50(69)31-48(67)35(2)21-24-47(66)41(8)57(76)79-55;1-19(27)7-28-18(13(26)16(19)24-2)31-15-11(23)5-10(22)14(12(15)25)30-17-9(21)4-3-8(6-20)29-17/h10-11,15-16,19-21,24,34-52,55-56,63-71,75,77H,12-14,17-18,22-23,25-33H2,1-9H3,(H,72,73)(H3,60,61,62);3,9-18,24-27H,4-7,20-23H2,1-2H3/b11-10+,19-15+,20-16+,24-21+;/t;9?,10-,11+,12-,13+,14+,15-,16+,17?,18+,19-/m.0/s1. The second-order valence-electron chi connectivity index (χ2n) is 32.2. The molecule has 24 unspecified atom stereocenters. The van der Waals surface area contributed by atoms with E-state index >= 15 is 0 Å². The lowest BCUT2D eigenvalue weighted by atomic mass is 9.83. The molecule has 0 aromatic carbocycles. The van der Waals surface area contributed by atoms with Gasteiger partial charge in [-0.1, -0.05) is 103 Å². The van der Waals surface area contributed by atoms with E-state index in [0.717, 1.165) is 45.1 Å². The molecule has 4 heterocycles. The summed E-state index contributed by atoms with van der Waals surface area (Å²) in [6, 6.07) is -2.37. The van der Waals surface area contributed by atoms with Crippen LogP contribution in [-0.4, -0.2) is 286 Å². The SMILES string of the molecule is CN=C(N)NCCC/C=C/CCCC(C)CC(C)C1OC(=O)C(C)C(O)/C=C/C(C)C(O)CC(O)C(C)C(O)CCC(C)C(O)CC2(O)OC(CC(OC(=O)CC(=O)O)CC(O)CC(O)C(C)C(O)/C=C/C=C/C1C)CC(O)C2O.CN[C@@H]1[C@@H](O)[C@@H](O[C@@H]2[C@@H](O)[C@H](OC3OC(CN)=CCC3N)[C@@H](N)C[C@H]2N)OC[C@]1(C)O. The number of aliphatic hydroxyl groups excluding tert-OH is 12. The summed E-state index contributed by atoms with van der Waals surface area (Å²) in [4.78, 5) is 41.7. The van der Waals surface area contributed by atoms with E-state index < -0.39 is 212 Å². The van der Waals surface area contributed by atoms with Gasteiger partial charge in [0.25, 0.3) is 0 Å². The van der Waals surface area contributed by atoms with Gasteiger partial charge in [0.1, 0.15) is 60.5 Å². The van der Waals surface area contributed by atoms with Crippen molar-refractivity contribution in [3.63, 3.8) is 0 Å². The number of ether oxygens (including phenoxy) is 7. The molecule has 33 atom stereocenters. The number of nitrogens with two attached hydrogens (primary N) is 5. The van der Waals surface area contributed by atoms with E-state index in [-0.39, 0.29) is 75.9 Å². The first-order valence-electron chi connectivity index (χ1n) is 39.6. The lowest BCUT2D eigenvalue weighted by Gasteiger charge is -2.48. The number of aliphatic imine (C=N–C) groups is 1. The quantitative estimate of drug-likeness (QED) is 0.0182. The van der Waals surface area contributed by atoms with Crippen molar-refractivity contribution in [1.29, 1.82) is 0 Å². The minimum absolute atomic E-state index is 0.0716. The van der Waals surface area contributed by atoms with Gasteiger partial charge in [0.2, 0.25) is 6.29 Å². The minimum atomic E-state index is -2.54. The Bertz CT molecular complexity index is 2920. The number of carboxylic acids is 1. The molecule has 0 aromatic heterocycles. The molecule has 642 valence electrons. The summed E-state index contributed by atoms with van der Waals surface area (Å²) >= 11 is 0. The Labute approximate surface area is 654 Å². The lowest BCUT2D eigenvalue weighted by molar-refractivity contribution is -0.333. The predicted molar refractivity (Wildman–Crippen MR) is 412 cm³/mol. The zero-order chi connectivity index (χ0) is 83.4. The molecule has 33 nitrogen and oxygen atoms in total. The first kappa shape index (κ1) is 98.6. The molecule has 27 N–H and O–H groups in total. The van der Waals surface area contributed by atoms with Gasteiger partial charge in [-0.15, -0.1) is 0 Å². The summed E-state index contributed by atoms with van der Waals surface area (Å²) in [6.45, 7) is 16.5. The molecule has 1 saturated carbocycles. The topological polar surface area (TPSA) is 586 Å². The van der Waals surface area contributed by atoms with Crippen LogP contribution in [0.5, 0.6) is 0 Å². The highest BCUT2D eigenvalue weighted by molar-refractivity contribution is 5.90. The van der Waals surface area contributed by atoms with Crippen molar-refractivity contribution in [2.45, 2.75) is 323 Å². The van der Waals surface area contributed by atoms with Gasteiger partial charge in [-0.2, -0.15) is 0 Å². The summed E-state index contributed by atoms with van der Waals surface area (Å²) < 4.78 is 40.6.